The minimum atomic E-state index is -0.524. The predicted octanol–water partition coefficient (Wildman–Crippen LogP) is 4.60. The van der Waals surface area contributed by atoms with Crippen LogP contribution in [0, 0.1) is 0 Å². The zero-order valence-corrected chi connectivity index (χ0v) is 19.6. The van der Waals surface area contributed by atoms with Crippen LogP contribution in [0.4, 0.5) is 4.79 Å². The maximum Gasteiger partial charge on any atom is 0.410 e. The van der Waals surface area contributed by atoms with Crippen molar-refractivity contribution in [2.24, 2.45) is 0 Å². The lowest BCUT2D eigenvalue weighted by Gasteiger charge is -2.39. The van der Waals surface area contributed by atoms with E-state index in [2.05, 4.69) is 53.4 Å². The van der Waals surface area contributed by atoms with Crippen LogP contribution in [0.3, 0.4) is 0 Å². The van der Waals surface area contributed by atoms with E-state index >= 15 is 0 Å². The summed E-state index contributed by atoms with van der Waals surface area (Å²) in [6, 6.07) is 21.3. The van der Waals surface area contributed by atoms with E-state index in [4.69, 9.17) is 14.2 Å². The molecule has 3 aliphatic rings. The van der Waals surface area contributed by atoms with Crippen LogP contribution >= 0.6 is 0 Å². The Bertz CT molecular complexity index is 892. The van der Waals surface area contributed by atoms with Gasteiger partial charge in [0.15, 0.2) is 5.79 Å². The molecule has 176 valence electrons. The first-order chi connectivity index (χ1) is 16.0. The first kappa shape index (κ1) is 22.4. The molecular weight excluding hydrogens is 416 g/mol. The standard InChI is InChI=1S/C27H34N2O4/c1-20(25-23-14-9-15-27(2,32-23)33-25)31-26(30)29-18-16-28(17-19-29)24(21-10-5-3-6-11-21)22-12-7-4-8-13-22/h3-8,10-13,20,23-25H,9,14-19H2,1-2H3/t20?,23?,25?,27-/m0/s1. The van der Waals surface area contributed by atoms with Crippen LogP contribution in [-0.2, 0) is 14.2 Å². The summed E-state index contributed by atoms with van der Waals surface area (Å²) in [7, 11) is 0. The molecule has 0 radical (unpaired) electrons. The molecule has 4 atom stereocenters. The van der Waals surface area contributed by atoms with E-state index in [-0.39, 0.29) is 30.4 Å². The van der Waals surface area contributed by atoms with Crippen LogP contribution in [0.5, 0.6) is 0 Å². The summed E-state index contributed by atoms with van der Waals surface area (Å²) < 4.78 is 18.0. The molecule has 0 spiro atoms. The number of ether oxygens (including phenoxy) is 3. The third-order valence-electron chi connectivity index (χ3n) is 7.19. The van der Waals surface area contributed by atoms with Crippen molar-refractivity contribution < 1.29 is 19.0 Å². The maximum absolute atomic E-state index is 12.9. The highest BCUT2D eigenvalue weighted by Gasteiger charge is 2.50. The third kappa shape index (κ3) is 4.79. The lowest BCUT2D eigenvalue weighted by atomic mass is 9.96. The molecule has 0 N–H and O–H groups in total. The molecule has 1 amide bonds. The van der Waals surface area contributed by atoms with Crippen molar-refractivity contribution in [1.29, 1.82) is 0 Å². The Kier molecular flexibility index (Phi) is 6.41. The number of fused-ring (bicyclic) bond motifs is 2. The van der Waals surface area contributed by atoms with E-state index in [9.17, 15) is 4.79 Å². The fraction of sp³-hybridized carbons (Fsp3) is 0.519. The summed E-state index contributed by atoms with van der Waals surface area (Å²) in [5.41, 5.74) is 2.54. The van der Waals surface area contributed by atoms with Crippen LogP contribution in [0.25, 0.3) is 0 Å². The molecule has 2 bridgehead atoms. The molecule has 0 aromatic heterocycles. The molecule has 2 aromatic rings. The summed E-state index contributed by atoms with van der Waals surface area (Å²) >= 11 is 0. The van der Waals surface area contributed by atoms with Gasteiger partial charge in [-0.3, -0.25) is 4.90 Å². The normalized spacial score (nSPS) is 28.6. The molecule has 5 rings (SSSR count). The number of carbonyl (C=O) groups is 1. The van der Waals surface area contributed by atoms with Crippen molar-refractivity contribution in [3.8, 4) is 0 Å². The van der Waals surface area contributed by atoms with Crippen LogP contribution in [0.15, 0.2) is 60.7 Å². The minimum absolute atomic E-state index is 0.0147. The van der Waals surface area contributed by atoms with Crippen LogP contribution in [0.2, 0.25) is 0 Å². The van der Waals surface area contributed by atoms with Gasteiger partial charge in [-0.05, 0) is 37.8 Å². The second-order valence-electron chi connectivity index (χ2n) is 9.60. The highest BCUT2D eigenvalue weighted by Crippen LogP contribution is 2.41. The number of benzene rings is 2. The van der Waals surface area contributed by atoms with Gasteiger partial charge in [-0.25, -0.2) is 4.79 Å². The summed E-state index contributed by atoms with van der Waals surface area (Å²) in [4.78, 5) is 17.2. The lowest BCUT2D eigenvalue weighted by Crippen LogP contribution is -2.51. The SMILES string of the molecule is CC(OC(=O)N1CCN(C(c2ccccc2)c2ccccc2)CC1)C1O[C@@]2(C)CCCC1O2. The first-order valence-electron chi connectivity index (χ1n) is 12.2. The van der Waals surface area contributed by atoms with E-state index < -0.39 is 5.79 Å². The van der Waals surface area contributed by atoms with E-state index in [1.165, 1.54) is 11.1 Å². The van der Waals surface area contributed by atoms with Gasteiger partial charge in [0, 0.05) is 32.6 Å². The zero-order valence-electron chi connectivity index (χ0n) is 19.6. The van der Waals surface area contributed by atoms with Crippen molar-refractivity contribution in [3.63, 3.8) is 0 Å². The van der Waals surface area contributed by atoms with Crippen molar-refractivity contribution >= 4 is 6.09 Å². The fourth-order valence-corrected chi connectivity index (χ4v) is 5.49. The largest absolute Gasteiger partial charge is 0.444 e. The van der Waals surface area contributed by atoms with Gasteiger partial charge in [0.2, 0.25) is 0 Å². The van der Waals surface area contributed by atoms with E-state index in [0.29, 0.717) is 13.1 Å². The molecular formula is C27H34N2O4. The molecule has 3 aliphatic heterocycles. The maximum atomic E-state index is 12.9. The molecule has 6 nitrogen and oxygen atoms in total. The molecule has 6 heteroatoms. The Labute approximate surface area is 196 Å². The van der Waals surface area contributed by atoms with Crippen molar-refractivity contribution in [1.82, 2.24) is 9.80 Å². The highest BCUT2D eigenvalue weighted by atomic mass is 16.8. The van der Waals surface area contributed by atoms with Gasteiger partial charge >= 0.3 is 6.09 Å². The average molecular weight is 451 g/mol. The summed E-state index contributed by atoms with van der Waals surface area (Å²) in [5.74, 6) is -0.524. The molecule has 33 heavy (non-hydrogen) atoms. The van der Waals surface area contributed by atoms with Gasteiger partial charge in [0.1, 0.15) is 12.2 Å². The summed E-state index contributed by atoms with van der Waals surface area (Å²) in [6.45, 7) is 6.79. The second kappa shape index (κ2) is 9.45. The molecule has 2 aromatic carbocycles. The van der Waals surface area contributed by atoms with Crippen molar-refractivity contribution in [2.75, 3.05) is 26.2 Å². The summed E-state index contributed by atoms with van der Waals surface area (Å²) in [5, 5.41) is 0. The highest BCUT2D eigenvalue weighted by molar-refractivity contribution is 5.68. The number of hydrogen-bond donors (Lipinski definition) is 0. The fourth-order valence-electron chi connectivity index (χ4n) is 5.49. The monoisotopic (exact) mass is 450 g/mol. The number of amides is 1. The number of carbonyl (C=O) groups excluding carboxylic acids is 1. The Morgan fingerprint density at radius 1 is 0.970 bits per heavy atom. The second-order valence-corrected chi connectivity index (χ2v) is 9.60. The molecule has 3 fully saturated rings. The Balaban J connectivity index is 1.21. The predicted molar refractivity (Wildman–Crippen MR) is 126 cm³/mol. The summed E-state index contributed by atoms with van der Waals surface area (Å²) in [6.07, 6.45) is 2.18. The van der Waals surface area contributed by atoms with E-state index in [1.54, 1.807) is 0 Å². The number of rotatable bonds is 5. The Morgan fingerprint density at radius 2 is 1.58 bits per heavy atom. The van der Waals surface area contributed by atoms with E-state index in [1.807, 2.05) is 30.9 Å². The third-order valence-corrected chi connectivity index (χ3v) is 7.19. The molecule has 3 saturated heterocycles. The van der Waals surface area contributed by atoms with Gasteiger partial charge < -0.3 is 19.1 Å². The van der Waals surface area contributed by atoms with E-state index in [0.717, 1.165) is 32.4 Å². The average Bonchev–Trinajstić information content (AvgIpc) is 3.08. The Hall–Kier alpha value is -2.41. The van der Waals surface area contributed by atoms with Gasteiger partial charge in [-0.15, -0.1) is 0 Å². The first-order valence-corrected chi connectivity index (χ1v) is 12.2. The quantitative estimate of drug-likeness (QED) is 0.666. The zero-order chi connectivity index (χ0) is 22.8. The molecule has 0 aliphatic carbocycles. The van der Waals surface area contributed by atoms with Gasteiger partial charge in [0.25, 0.3) is 0 Å². The molecule has 3 unspecified atom stereocenters. The topological polar surface area (TPSA) is 51.2 Å². The lowest BCUT2D eigenvalue weighted by molar-refractivity contribution is -0.184. The van der Waals surface area contributed by atoms with Crippen LogP contribution < -0.4 is 0 Å². The van der Waals surface area contributed by atoms with Crippen LogP contribution in [-0.4, -0.2) is 66.2 Å². The molecule has 3 heterocycles. The van der Waals surface area contributed by atoms with Gasteiger partial charge in [0.05, 0.1) is 12.1 Å². The molecule has 0 saturated carbocycles. The van der Waals surface area contributed by atoms with Crippen molar-refractivity contribution in [2.45, 2.75) is 63.3 Å². The number of nitrogens with zero attached hydrogens (tertiary/aromatic N) is 2. The minimum Gasteiger partial charge on any atom is -0.444 e. The van der Waals surface area contributed by atoms with Gasteiger partial charge in [-0.2, -0.15) is 0 Å². The Morgan fingerprint density at radius 3 is 2.15 bits per heavy atom. The smallest absolute Gasteiger partial charge is 0.410 e. The number of piperazine rings is 1. The number of hydrogen-bond acceptors (Lipinski definition) is 5. The van der Waals surface area contributed by atoms with Crippen LogP contribution in [0.1, 0.15) is 50.3 Å². The van der Waals surface area contributed by atoms with Gasteiger partial charge in [-0.1, -0.05) is 60.7 Å². The van der Waals surface area contributed by atoms with Crippen molar-refractivity contribution in [3.05, 3.63) is 71.8 Å².